The predicted octanol–water partition coefficient (Wildman–Crippen LogP) is 2.51. The van der Waals surface area contributed by atoms with E-state index in [9.17, 15) is 14.7 Å². The van der Waals surface area contributed by atoms with Crippen molar-refractivity contribution in [2.24, 2.45) is 17.8 Å². The van der Waals surface area contributed by atoms with E-state index in [-0.39, 0.29) is 17.9 Å². The van der Waals surface area contributed by atoms with E-state index in [2.05, 4.69) is 5.32 Å². The number of carbonyl (C=O) groups is 2. The summed E-state index contributed by atoms with van der Waals surface area (Å²) in [5.74, 6) is -0.336. The fourth-order valence-corrected chi connectivity index (χ4v) is 2.93. The van der Waals surface area contributed by atoms with E-state index in [1.54, 1.807) is 0 Å². The number of carbonyl (C=O) groups excluding carboxylic acids is 1. The van der Waals surface area contributed by atoms with Gasteiger partial charge in [-0.15, -0.1) is 0 Å². The lowest BCUT2D eigenvalue weighted by Gasteiger charge is -2.18. The Labute approximate surface area is 118 Å². The maximum atomic E-state index is 12.3. The molecule has 20 heavy (non-hydrogen) atoms. The number of carboxylic acids is 1. The van der Waals surface area contributed by atoms with Gasteiger partial charge in [-0.1, -0.05) is 6.92 Å². The topological polar surface area (TPSA) is 79.5 Å². The maximum Gasteiger partial charge on any atom is 0.307 e. The third-order valence-electron chi connectivity index (χ3n) is 4.00. The minimum atomic E-state index is -0.879. The van der Waals surface area contributed by atoms with Gasteiger partial charge in [0.1, 0.15) is 11.5 Å². The molecule has 5 nitrogen and oxygen atoms in total. The molecule has 0 aromatic carbocycles. The van der Waals surface area contributed by atoms with Gasteiger partial charge in [-0.2, -0.15) is 0 Å². The third-order valence-corrected chi connectivity index (χ3v) is 4.00. The molecule has 0 aliphatic heterocycles. The quantitative estimate of drug-likeness (QED) is 0.887. The average Bonchev–Trinajstić information content (AvgIpc) is 2.95. The van der Waals surface area contributed by atoms with Crippen LogP contribution >= 0.6 is 0 Å². The van der Waals surface area contributed by atoms with Crippen LogP contribution in [0.3, 0.4) is 0 Å². The second-order valence-electron chi connectivity index (χ2n) is 5.81. The summed E-state index contributed by atoms with van der Waals surface area (Å²) in [6, 6.07) is 3.42. The van der Waals surface area contributed by atoms with E-state index in [0.717, 1.165) is 5.76 Å². The predicted molar refractivity (Wildman–Crippen MR) is 73.0 cm³/mol. The van der Waals surface area contributed by atoms with Gasteiger partial charge in [0.05, 0.1) is 17.9 Å². The van der Waals surface area contributed by atoms with Crippen LogP contribution in [-0.2, 0) is 9.59 Å². The number of aliphatic carboxylic acids is 1. The fourth-order valence-electron chi connectivity index (χ4n) is 2.93. The number of nitrogens with one attached hydrogen (secondary N) is 1. The summed E-state index contributed by atoms with van der Waals surface area (Å²) in [5.41, 5.74) is 0. The molecule has 1 aliphatic carbocycles. The van der Waals surface area contributed by atoms with E-state index in [1.165, 1.54) is 0 Å². The first kappa shape index (κ1) is 14.6. The lowest BCUT2D eigenvalue weighted by atomic mass is 9.95. The van der Waals surface area contributed by atoms with Crippen LogP contribution in [0.15, 0.2) is 16.5 Å². The lowest BCUT2D eigenvalue weighted by Crippen LogP contribution is -2.36. The zero-order valence-corrected chi connectivity index (χ0v) is 12.1. The summed E-state index contributed by atoms with van der Waals surface area (Å²) in [4.78, 5) is 23.5. The second kappa shape index (κ2) is 5.69. The molecule has 0 bridgehead atoms. The maximum absolute atomic E-state index is 12.3. The highest BCUT2D eigenvalue weighted by Crippen LogP contribution is 2.36. The molecular formula is C15H21NO4. The molecule has 0 radical (unpaired) electrons. The zero-order valence-electron chi connectivity index (χ0n) is 12.1. The van der Waals surface area contributed by atoms with E-state index in [4.69, 9.17) is 4.42 Å². The van der Waals surface area contributed by atoms with Gasteiger partial charge in [-0.25, -0.2) is 0 Å². The van der Waals surface area contributed by atoms with E-state index >= 15 is 0 Å². The first-order chi connectivity index (χ1) is 9.38. The van der Waals surface area contributed by atoms with E-state index in [1.807, 2.05) is 32.9 Å². The van der Waals surface area contributed by atoms with Crippen molar-refractivity contribution in [3.63, 3.8) is 0 Å². The molecule has 1 fully saturated rings. The molecule has 0 spiro atoms. The van der Waals surface area contributed by atoms with Crippen molar-refractivity contribution in [1.29, 1.82) is 0 Å². The Morgan fingerprint density at radius 2 is 2.00 bits per heavy atom. The van der Waals surface area contributed by atoms with Crippen LogP contribution in [0, 0.1) is 24.7 Å². The summed E-state index contributed by atoms with van der Waals surface area (Å²) >= 11 is 0. The van der Waals surface area contributed by atoms with Gasteiger partial charge in [-0.05, 0) is 44.7 Å². The highest BCUT2D eigenvalue weighted by Gasteiger charge is 2.41. The summed E-state index contributed by atoms with van der Waals surface area (Å²) in [6.07, 6.45) is 1.20. The van der Waals surface area contributed by atoms with Crippen molar-refractivity contribution in [2.45, 2.75) is 39.7 Å². The van der Waals surface area contributed by atoms with Gasteiger partial charge in [-0.3, -0.25) is 9.59 Å². The van der Waals surface area contributed by atoms with Crippen molar-refractivity contribution < 1.29 is 19.1 Å². The molecule has 1 aromatic heterocycles. The molecule has 1 aliphatic rings. The van der Waals surface area contributed by atoms with Gasteiger partial charge in [0.15, 0.2) is 0 Å². The molecule has 1 amide bonds. The molecule has 4 atom stereocenters. The Kier molecular flexibility index (Phi) is 4.16. The summed E-state index contributed by atoms with van der Waals surface area (Å²) in [6.45, 7) is 5.67. The van der Waals surface area contributed by atoms with Crippen molar-refractivity contribution in [3.05, 3.63) is 23.7 Å². The van der Waals surface area contributed by atoms with Crippen LogP contribution in [0.4, 0.5) is 0 Å². The monoisotopic (exact) mass is 279 g/mol. The Hall–Kier alpha value is -1.78. The van der Waals surface area contributed by atoms with Crippen LogP contribution in [0.2, 0.25) is 0 Å². The minimum Gasteiger partial charge on any atom is -0.481 e. The lowest BCUT2D eigenvalue weighted by molar-refractivity contribution is -0.146. The molecular weight excluding hydrogens is 258 g/mol. The summed E-state index contributed by atoms with van der Waals surface area (Å²) in [7, 11) is 0. The molecule has 2 N–H and O–H groups in total. The normalized spacial score (nSPS) is 27.2. The van der Waals surface area contributed by atoms with Crippen molar-refractivity contribution in [3.8, 4) is 0 Å². The largest absolute Gasteiger partial charge is 0.481 e. The van der Waals surface area contributed by atoms with E-state index in [0.29, 0.717) is 18.6 Å². The molecule has 4 unspecified atom stereocenters. The Bertz CT molecular complexity index is 508. The number of amides is 1. The third kappa shape index (κ3) is 3.03. The number of aryl methyl sites for hydroxylation is 1. The first-order valence-electron chi connectivity index (χ1n) is 6.98. The van der Waals surface area contributed by atoms with Crippen LogP contribution < -0.4 is 5.32 Å². The molecule has 1 aromatic rings. The summed E-state index contributed by atoms with van der Waals surface area (Å²) in [5, 5.41) is 12.1. The number of furan rings is 1. The van der Waals surface area contributed by atoms with Crippen LogP contribution in [0.25, 0.3) is 0 Å². The van der Waals surface area contributed by atoms with Crippen LogP contribution in [0.5, 0.6) is 0 Å². The SMILES string of the molecule is Cc1ccc(C(C)NC(=O)C2CC(C)CC2C(=O)O)o1. The van der Waals surface area contributed by atoms with Gasteiger partial charge in [0.2, 0.25) is 5.91 Å². The van der Waals surface area contributed by atoms with Gasteiger partial charge < -0.3 is 14.8 Å². The number of hydrogen-bond donors (Lipinski definition) is 2. The van der Waals surface area contributed by atoms with Gasteiger partial charge in [0, 0.05) is 0 Å². The summed E-state index contributed by atoms with van der Waals surface area (Å²) < 4.78 is 5.47. The zero-order chi connectivity index (χ0) is 14.9. The average molecular weight is 279 g/mol. The smallest absolute Gasteiger partial charge is 0.307 e. The first-order valence-corrected chi connectivity index (χ1v) is 6.98. The van der Waals surface area contributed by atoms with Gasteiger partial charge in [0.25, 0.3) is 0 Å². The second-order valence-corrected chi connectivity index (χ2v) is 5.81. The highest BCUT2D eigenvalue weighted by molar-refractivity contribution is 5.85. The standard InChI is InChI=1S/C15H21NO4/c1-8-6-11(12(7-8)15(18)19)14(17)16-10(3)13-5-4-9(2)20-13/h4-5,8,10-12H,6-7H2,1-3H3,(H,16,17)(H,18,19). The molecule has 110 valence electrons. The number of rotatable bonds is 4. The van der Waals surface area contributed by atoms with Gasteiger partial charge >= 0.3 is 5.97 Å². The van der Waals surface area contributed by atoms with Crippen LogP contribution in [0.1, 0.15) is 44.3 Å². The van der Waals surface area contributed by atoms with E-state index < -0.39 is 17.8 Å². The Morgan fingerprint density at radius 1 is 1.35 bits per heavy atom. The fraction of sp³-hybridized carbons (Fsp3) is 0.600. The number of carboxylic acid groups (broad SMARTS) is 1. The van der Waals surface area contributed by atoms with Crippen molar-refractivity contribution in [1.82, 2.24) is 5.32 Å². The molecule has 2 rings (SSSR count). The molecule has 0 saturated heterocycles. The molecule has 1 heterocycles. The molecule has 5 heteroatoms. The highest BCUT2D eigenvalue weighted by atomic mass is 16.4. The molecule has 1 saturated carbocycles. The Balaban J connectivity index is 2.02. The minimum absolute atomic E-state index is 0.191. The van der Waals surface area contributed by atoms with Crippen molar-refractivity contribution in [2.75, 3.05) is 0 Å². The van der Waals surface area contributed by atoms with Crippen LogP contribution in [-0.4, -0.2) is 17.0 Å². The number of hydrogen-bond acceptors (Lipinski definition) is 3. The van der Waals surface area contributed by atoms with Crippen molar-refractivity contribution >= 4 is 11.9 Å². The Morgan fingerprint density at radius 3 is 2.55 bits per heavy atom.